The highest BCUT2D eigenvalue weighted by Gasteiger charge is 2.30. The fourth-order valence-electron chi connectivity index (χ4n) is 2.21. The predicted molar refractivity (Wildman–Crippen MR) is 70.9 cm³/mol. The maximum atomic E-state index is 12.2. The molecule has 1 unspecified atom stereocenters. The van der Waals surface area contributed by atoms with E-state index in [0.29, 0.717) is 6.54 Å². The average molecular weight is 279 g/mol. The van der Waals surface area contributed by atoms with Crippen molar-refractivity contribution in [3.05, 3.63) is 0 Å². The summed E-state index contributed by atoms with van der Waals surface area (Å²) in [6.07, 6.45) is 3.68. The lowest BCUT2D eigenvalue weighted by molar-refractivity contribution is 0.0901. The summed E-state index contributed by atoms with van der Waals surface area (Å²) in [5.74, 6) is 0.00167. The molecule has 0 aliphatic carbocycles. The van der Waals surface area contributed by atoms with Crippen LogP contribution in [-0.2, 0) is 14.8 Å². The van der Waals surface area contributed by atoms with E-state index in [4.69, 9.17) is 4.74 Å². The molecule has 6 heteroatoms. The molecule has 1 aliphatic heterocycles. The molecule has 108 valence electrons. The summed E-state index contributed by atoms with van der Waals surface area (Å²) in [5.41, 5.74) is 0. The number of aliphatic hydroxyl groups excluding tert-OH is 1. The van der Waals surface area contributed by atoms with Crippen molar-refractivity contribution in [3.63, 3.8) is 0 Å². The summed E-state index contributed by atoms with van der Waals surface area (Å²) >= 11 is 0. The highest BCUT2D eigenvalue weighted by molar-refractivity contribution is 7.89. The number of ether oxygens (including phenoxy) is 1. The third-order valence-corrected chi connectivity index (χ3v) is 5.06. The molecule has 0 spiro atoms. The van der Waals surface area contributed by atoms with E-state index >= 15 is 0 Å². The zero-order valence-corrected chi connectivity index (χ0v) is 12.2. The van der Waals surface area contributed by atoms with Gasteiger partial charge in [-0.1, -0.05) is 12.8 Å². The van der Waals surface area contributed by atoms with Gasteiger partial charge in [0.2, 0.25) is 10.0 Å². The second-order valence-corrected chi connectivity index (χ2v) is 7.07. The van der Waals surface area contributed by atoms with Crippen LogP contribution in [0.25, 0.3) is 0 Å². The van der Waals surface area contributed by atoms with Gasteiger partial charge in [-0.2, -0.15) is 4.31 Å². The Bertz CT molecular complexity index is 329. The van der Waals surface area contributed by atoms with Gasteiger partial charge in [0, 0.05) is 12.6 Å². The summed E-state index contributed by atoms with van der Waals surface area (Å²) in [7, 11) is -3.32. The summed E-state index contributed by atoms with van der Waals surface area (Å²) < 4.78 is 31.2. The minimum atomic E-state index is -3.32. The fraction of sp³-hybridized carbons (Fsp3) is 1.00. The van der Waals surface area contributed by atoms with Crippen LogP contribution in [0.5, 0.6) is 0 Å². The van der Waals surface area contributed by atoms with Crippen LogP contribution < -0.4 is 0 Å². The Labute approximate surface area is 110 Å². The molecular weight excluding hydrogens is 254 g/mol. The maximum absolute atomic E-state index is 12.2. The molecule has 0 aromatic carbocycles. The molecular formula is C12H25NO4S. The lowest BCUT2D eigenvalue weighted by atomic mass is 10.1. The predicted octanol–water partition coefficient (Wildman–Crippen LogP) is 0.978. The molecule has 0 aromatic heterocycles. The zero-order valence-electron chi connectivity index (χ0n) is 11.3. The van der Waals surface area contributed by atoms with E-state index in [2.05, 4.69) is 0 Å². The van der Waals surface area contributed by atoms with Crippen LogP contribution in [0.3, 0.4) is 0 Å². The number of sulfonamides is 1. The molecule has 1 fully saturated rings. The number of aliphatic hydroxyl groups is 1. The largest absolute Gasteiger partial charge is 0.395 e. The maximum Gasteiger partial charge on any atom is 0.216 e. The van der Waals surface area contributed by atoms with Crippen LogP contribution >= 0.6 is 0 Å². The molecule has 1 atom stereocenters. The third-order valence-electron chi connectivity index (χ3n) is 3.18. The first-order valence-corrected chi connectivity index (χ1v) is 8.30. The highest BCUT2D eigenvalue weighted by Crippen LogP contribution is 2.20. The molecule has 18 heavy (non-hydrogen) atoms. The van der Waals surface area contributed by atoms with E-state index in [1.54, 1.807) is 0 Å². The lowest BCUT2D eigenvalue weighted by Gasteiger charge is -2.27. The van der Waals surface area contributed by atoms with Gasteiger partial charge in [-0.15, -0.1) is 0 Å². The topological polar surface area (TPSA) is 66.8 Å². The normalized spacial score (nSPS) is 23.2. The lowest BCUT2D eigenvalue weighted by Crippen LogP contribution is -2.43. The van der Waals surface area contributed by atoms with Crippen molar-refractivity contribution >= 4 is 10.0 Å². The van der Waals surface area contributed by atoms with E-state index in [-0.39, 0.29) is 31.1 Å². The van der Waals surface area contributed by atoms with Gasteiger partial charge < -0.3 is 9.84 Å². The molecule has 1 heterocycles. The second-order valence-electron chi connectivity index (χ2n) is 5.03. The van der Waals surface area contributed by atoms with Gasteiger partial charge in [0.1, 0.15) is 0 Å². The zero-order chi connectivity index (χ0) is 13.6. The first-order valence-electron chi connectivity index (χ1n) is 6.69. The number of hydrogen-bond donors (Lipinski definition) is 1. The van der Waals surface area contributed by atoms with Gasteiger partial charge >= 0.3 is 0 Å². The first-order chi connectivity index (χ1) is 8.47. The fourth-order valence-corrected chi connectivity index (χ4v) is 3.78. The van der Waals surface area contributed by atoms with E-state index in [1.807, 2.05) is 13.8 Å². The van der Waals surface area contributed by atoms with E-state index < -0.39 is 10.0 Å². The Morgan fingerprint density at radius 2 is 2.06 bits per heavy atom. The number of rotatable bonds is 6. The van der Waals surface area contributed by atoms with Gasteiger partial charge in [-0.3, -0.25) is 0 Å². The summed E-state index contributed by atoms with van der Waals surface area (Å²) in [5, 5.41) is 9.33. The molecule has 1 aliphatic rings. The molecule has 0 radical (unpaired) electrons. The molecule has 0 amide bonds. The van der Waals surface area contributed by atoms with E-state index in [1.165, 1.54) is 4.31 Å². The average Bonchev–Trinajstić information content (AvgIpc) is 2.53. The molecule has 1 saturated heterocycles. The quantitative estimate of drug-likeness (QED) is 0.787. The minimum Gasteiger partial charge on any atom is -0.395 e. The van der Waals surface area contributed by atoms with Gasteiger partial charge in [-0.25, -0.2) is 8.42 Å². The van der Waals surface area contributed by atoms with Gasteiger partial charge in [0.15, 0.2) is 0 Å². The second kappa shape index (κ2) is 7.43. The highest BCUT2D eigenvalue weighted by atomic mass is 32.2. The summed E-state index contributed by atoms with van der Waals surface area (Å²) in [6.45, 7) is 4.41. The minimum absolute atomic E-state index is 0.00167. The van der Waals surface area contributed by atoms with Crippen LogP contribution in [0.4, 0.5) is 0 Å². The SMILES string of the molecule is CC(C)OCCS(=O)(=O)N1CCCCCC1CO. The van der Waals surface area contributed by atoms with Crippen LogP contribution in [-0.4, -0.2) is 55.5 Å². The van der Waals surface area contributed by atoms with Crippen molar-refractivity contribution in [1.29, 1.82) is 0 Å². The number of nitrogens with zero attached hydrogens (tertiary/aromatic N) is 1. The molecule has 1 rings (SSSR count). The van der Waals surface area contributed by atoms with E-state index in [9.17, 15) is 13.5 Å². The van der Waals surface area contributed by atoms with Crippen LogP contribution in [0.1, 0.15) is 39.5 Å². The van der Waals surface area contributed by atoms with Crippen LogP contribution in [0.2, 0.25) is 0 Å². The van der Waals surface area contributed by atoms with Crippen molar-refractivity contribution in [2.45, 2.75) is 51.7 Å². The number of hydrogen-bond acceptors (Lipinski definition) is 4. The van der Waals surface area contributed by atoms with Gasteiger partial charge in [0.25, 0.3) is 0 Å². The molecule has 5 nitrogen and oxygen atoms in total. The van der Waals surface area contributed by atoms with Gasteiger partial charge in [0.05, 0.1) is 25.1 Å². The first kappa shape index (κ1) is 15.9. The Kier molecular flexibility index (Phi) is 6.55. The summed E-state index contributed by atoms with van der Waals surface area (Å²) in [4.78, 5) is 0. The smallest absolute Gasteiger partial charge is 0.216 e. The Morgan fingerprint density at radius 3 is 2.67 bits per heavy atom. The van der Waals surface area contributed by atoms with Gasteiger partial charge in [-0.05, 0) is 26.7 Å². The third kappa shape index (κ3) is 4.84. The molecule has 1 N–H and O–H groups in total. The molecule has 0 saturated carbocycles. The Morgan fingerprint density at radius 1 is 1.33 bits per heavy atom. The monoisotopic (exact) mass is 279 g/mol. The standard InChI is InChI=1S/C12H25NO4S/c1-11(2)17-8-9-18(15,16)13-7-5-3-4-6-12(13)10-14/h11-12,14H,3-10H2,1-2H3. The van der Waals surface area contributed by atoms with Crippen molar-refractivity contribution in [2.24, 2.45) is 0 Å². The van der Waals surface area contributed by atoms with Crippen molar-refractivity contribution < 1.29 is 18.3 Å². The van der Waals surface area contributed by atoms with Crippen molar-refractivity contribution in [1.82, 2.24) is 4.31 Å². The Hall–Kier alpha value is -0.170. The molecule has 0 aromatic rings. The molecule has 0 bridgehead atoms. The van der Waals surface area contributed by atoms with Crippen LogP contribution in [0, 0.1) is 0 Å². The van der Waals surface area contributed by atoms with Crippen molar-refractivity contribution in [3.8, 4) is 0 Å². The Balaban J connectivity index is 2.62. The van der Waals surface area contributed by atoms with Crippen molar-refractivity contribution in [2.75, 3.05) is 25.5 Å². The summed E-state index contributed by atoms with van der Waals surface area (Å²) in [6, 6.07) is -0.253. The van der Waals surface area contributed by atoms with E-state index in [0.717, 1.165) is 25.7 Å². The van der Waals surface area contributed by atoms with Crippen LogP contribution in [0.15, 0.2) is 0 Å².